The number of aromatic nitrogens is 2. The summed E-state index contributed by atoms with van der Waals surface area (Å²) >= 11 is 1.35. The van der Waals surface area contributed by atoms with Crippen LogP contribution in [0, 0.1) is 0 Å². The molecule has 4 heterocycles. The summed E-state index contributed by atoms with van der Waals surface area (Å²) in [5.41, 5.74) is 0.520. The number of carbonyl (C=O) groups excluding carboxylic acids is 1. The van der Waals surface area contributed by atoms with Crippen LogP contribution in [0.25, 0.3) is 10.2 Å². The summed E-state index contributed by atoms with van der Waals surface area (Å²) in [6, 6.07) is 2.03. The van der Waals surface area contributed by atoms with Gasteiger partial charge in [0.05, 0.1) is 37.1 Å². The number of nitrogens with zero attached hydrogens (tertiary/aromatic N) is 3. The van der Waals surface area contributed by atoms with Gasteiger partial charge in [0.2, 0.25) is 5.91 Å². The molecule has 2 aromatic rings. The summed E-state index contributed by atoms with van der Waals surface area (Å²) in [4.78, 5) is 31.5. The van der Waals surface area contributed by atoms with E-state index in [1.54, 1.807) is 0 Å². The van der Waals surface area contributed by atoms with E-state index in [1.807, 2.05) is 11.4 Å². The molecule has 0 unspecified atom stereocenters. The second kappa shape index (κ2) is 7.23. The molecule has 2 fully saturated rings. The van der Waals surface area contributed by atoms with Gasteiger partial charge in [-0.15, -0.1) is 11.3 Å². The molecule has 0 bridgehead atoms. The van der Waals surface area contributed by atoms with Crippen molar-refractivity contribution in [2.24, 2.45) is 0 Å². The standard InChI is InChI=1S/C17H22N4O3S/c22-15(8-21-11-18-12-4-7-25-16(12)17(21)23)19-13-9-24-10-14(13)20-5-2-1-3-6-20/h4,7,11,13-14H,1-3,5-6,8-10H2,(H,19,22)/t13-,14-/m1/s1. The minimum atomic E-state index is -0.169. The third kappa shape index (κ3) is 3.47. The second-order valence-electron chi connectivity index (χ2n) is 6.69. The van der Waals surface area contributed by atoms with Crippen LogP contribution in [0.15, 0.2) is 22.6 Å². The first-order valence-corrected chi connectivity index (χ1v) is 9.64. The molecule has 2 aliphatic rings. The highest BCUT2D eigenvalue weighted by Crippen LogP contribution is 2.19. The molecule has 2 atom stereocenters. The van der Waals surface area contributed by atoms with Crippen LogP contribution in [-0.2, 0) is 16.1 Å². The highest BCUT2D eigenvalue weighted by molar-refractivity contribution is 7.17. The Bertz CT molecular complexity index is 812. The first-order valence-electron chi connectivity index (χ1n) is 8.76. The molecule has 0 saturated carbocycles. The zero-order valence-corrected chi connectivity index (χ0v) is 14.8. The van der Waals surface area contributed by atoms with Crippen LogP contribution in [0.2, 0.25) is 0 Å². The summed E-state index contributed by atoms with van der Waals surface area (Å²) in [5, 5.41) is 4.89. The largest absolute Gasteiger partial charge is 0.378 e. The molecule has 0 radical (unpaired) electrons. The van der Waals surface area contributed by atoms with E-state index in [0.29, 0.717) is 23.4 Å². The van der Waals surface area contributed by atoms with Crippen molar-refractivity contribution in [3.63, 3.8) is 0 Å². The average molecular weight is 362 g/mol. The van der Waals surface area contributed by atoms with Crippen LogP contribution in [-0.4, -0.2) is 58.7 Å². The molecule has 2 aromatic heterocycles. The molecule has 7 nitrogen and oxygen atoms in total. The monoisotopic (exact) mass is 362 g/mol. The van der Waals surface area contributed by atoms with E-state index in [-0.39, 0.29) is 30.1 Å². The second-order valence-corrected chi connectivity index (χ2v) is 7.60. The number of likely N-dealkylation sites (tertiary alicyclic amines) is 1. The van der Waals surface area contributed by atoms with E-state index in [4.69, 9.17) is 4.74 Å². The van der Waals surface area contributed by atoms with Gasteiger partial charge in [-0.25, -0.2) is 4.98 Å². The number of rotatable bonds is 4. The van der Waals surface area contributed by atoms with E-state index in [0.717, 1.165) is 13.1 Å². The Morgan fingerprint density at radius 2 is 2.16 bits per heavy atom. The first kappa shape index (κ1) is 16.7. The number of amides is 1. The van der Waals surface area contributed by atoms with Gasteiger partial charge in [-0.3, -0.25) is 19.1 Å². The smallest absolute Gasteiger partial charge is 0.271 e. The molecule has 4 rings (SSSR count). The number of fused-ring (bicyclic) bond motifs is 1. The number of thiophene rings is 1. The zero-order chi connectivity index (χ0) is 17.2. The third-order valence-electron chi connectivity index (χ3n) is 5.01. The molecular formula is C17H22N4O3S. The van der Waals surface area contributed by atoms with E-state index >= 15 is 0 Å². The average Bonchev–Trinajstić information content (AvgIpc) is 3.28. The minimum absolute atomic E-state index is 0.0110. The number of piperidine rings is 1. The van der Waals surface area contributed by atoms with Crippen LogP contribution < -0.4 is 10.9 Å². The van der Waals surface area contributed by atoms with Gasteiger partial charge < -0.3 is 10.1 Å². The van der Waals surface area contributed by atoms with Crippen LogP contribution in [0.4, 0.5) is 0 Å². The van der Waals surface area contributed by atoms with Gasteiger partial charge in [0.15, 0.2) is 0 Å². The fourth-order valence-corrected chi connectivity index (χ4v) is 4.48. The van der Waals surface area contributed by atoms with Crippen molar-refractivity contribution in [1.29, 1.82) is 0 Å². The van der Waals surface area contributed by atoms with Crippen LogP contribution >= 0.6 is 11.3 Å². The lowest BCUT2D eigenvalue weighted by Crippen LogP contribution is -2.53. The molecular weight excluding hydrogens is 340 g/mol. The van der Waals surface area contributed by atoms with Crippen molar-refractivity contribution in [3.05, 3.63) is 28.1 Å². The molecule has 0 aromatic carbocycles. The Labute approximate surface area is 149 Å². The summed E-state index contributed by atoms with van der Waals surface area (Å²) in [7, 11) is 0. The lowest BCUT2D eigenvalue weighted by molar-refractivity contribution is -0.122. The number of ether oxygens (including phenoxy) is 1. The fourth-order valence-electron chi connectivity index (χ4n) is 3.69. The van der Waals surface area contributed by atoms with E-state index in [1.165, 1.54) is 41.5 Å². The highest BCUT2D eigenvalue weighted by Gasteiger charge is 2.34. The molecule has 1 N–H and O–H groups in total. The number of hydrogen-bond acceptors (Lipinski definition) is 6. The summed E-state index contributed by atoms with van der Waals surface area (Å²) in [5.74, 6) is -0.169. The zero-order valence-electron chi connectivity index (χ0n) is 14.0. The molecule has 8 heteroatoms. The maximum Gasteiger partial charge on any atom is 0.271 e. The van der Waals surface area contributed by atoms with E-state index < -0.39 is 0 Å². The number of hydrogen-bond donors (Lipinski definition) is 1. The number of carbonyl (C=O) groups is 1. The van der Waals surface area contributed by atoms with Crippen LogP contribution in [0.1, 0.15) is 19.3 Å². The van der Waals surface area contributed by atoms with Gasteiger partial charge in [-0.1, -0.05) is 6.42 Å². The van der Waals surface area contributed by atoms with Gasteiger partial charge in [-0.05, 0) is 37.4 Å². The molecule has 134 valence electrons. The lowest BCUT2D eigenvalue weighted by Gasteiger charge is -2.34. The predicted octanol–water partition coefficient (Wildman–Crippen LogP) is 0.827. The van der Waals surface area contributed by atoms with Gasteiger partial charge in [0, 0.05) is 0 Å². The Kier molecular flexibility index (Phi) is 4.82. The predicted molar refractivity (Wildman–Crippen MR) is 95.8 cm³/mol. The van der Waals surface area contributed by atoms with E-state index in [9.17, 15) is 9.59 Å². The van der Waals surface area contributed by atoms with Crippen molar-refractivity contribution in [1.82, 2.24) is 19.8 Å². The topological polar surface area (TPSA) is 76.5 Å². The van der Waals surface area contributed by atoms with Crippen molar-refractivity contribution in [3.8, 4) is 0 Å². The molecule has 2 saturated heterocycles. The first-order chi connectivity index (χ1) is 12.2. The molecule has 25 heavy (non-hydrogen) atoms. The lowest BCUT2D eigenvalue weighted by atomic mass is 10.0. The maximum atomic E-state index is 12.5. The highest BCUT2D eigenvalue weighted by atomic mass is 32.1. The normalized spacial score (nSPS) is 24.6. The van der Waals surface area contributed by atoms with Crippen molar-refractivity contribution in [2.75, 3.05) is 26.3 Å². The van der Waals surface area contributed by atoms with Crippen LogP contribution in [0.3, 0.4) is 0 Å². The molecule has 2 aliphatic heterocycles. The summed E-state index contributed by atoms with van der Waals surface area (Å²) in [6.07, 6.45) is 5.14. The van der Waals surface area contributed by atoms with Crippen molar-refractivity contribution < 1.29 is 9.53 Å². The molecule has 0 aliphatic carbocycles. The quantitative estimate of drug-likeness (QED) is 0.872. The Balaban J connectivity index is 1.42. The Hall–Kier alpha value is -1.77. The molecule has 0 spiro atoms. The minimum Gasteiger partial charge on any atom is -0.378 e. The van der Waals surface area contributed by atoms with E-state index in [2.05, 4.69) is 15.2 Å². The van der Waals surface area contributed by atoms with Gasteiger partial charge >= 0.3 is 0 Å². The molecule has 1 amide bonds. The van der Waals surface area contributed by atoms with Gasteiger partial charge in [-0.2, -0.15) is 0 Å². The summed E-state index contributed by atoms with van der Waals surface area (Å²) < 4.78 is 7.57. The Morgan fingerprint density at radius 1 is 1.32 bits per heavy atom. The maximum absolute atomic E-state index is 12.5. The Morgan fingerprint density at radius 3 is 3.00 bits per heavy atom. The third-order valence-corrected chi connectivity index (χ3v) is 5.90. The van der Waals surface area contributed by atoms with Gasteiger partial charge in [0.25, 0.3) is 5.56 Å². The SMILES string of the molecule is O=C(Cn1cnc2ccsc2c1=O)N[C@@H]1COC[C@H]1N1CCCCC1. The van der Waals surface area contributed by atoms with Crippen LogP contribution in [0.5, 0.6) is 0 Å². The summed E-state index contributed by atoms with van der Waals surface area (Å²) in [6.45, 7) is 3.32. The fraction of sp³-hybridized carbons (Fsp3) is 0.588. The van der Waals surface area contributed by atoms with Crippen molar-refractivity contribution >= 4 is 27.5 Å². The van der Waals surface area contributed by atoms with Crippen molar-refractivity contribution in [2.45, 2.75) is 37.9 Å². The van der Waals surface area contributed by atoms with Gasteiger partial charge in [0.1, 0.15) is 11.2 Å². The number of nitrogens with one attached hydrogen (secondary N) is 1.